The average molecular weight is 381 g/mol. The van der Waals surface area contributed by atoms with Crippen molar-refractivity contribution in [1.29, 1.82) is 0 Å². The molecule has 7 heteroatoms. The number of carboxylic acid groups (broad SMARTS) is 1. The number of carbonyl (C=O) groups is 2. The van der Waals surface area contributed by atoms with E-state index in [4.69, 9.17) is 20.4 Å². The molecule has 1 amide bonds. The summed E-state index contributed by atoms with van der Waals surface area (Å²) in [6.45, 7) is 1.81. The predicted molar refractivity (Wildman–Crippen MR) is 109 cm³/mol. The molecule has 0 bridgehead atoms. The first kappa shape index (κ1) is 20.7. The van der Waals surface area contributed by atoms with Crippen molar-refractivity contribution >= 4 is 29.0 Å². The molecule has 0 fully saturated rings. The predicted octanol–water partition coefficient (Wildman–Crippen LogP) is 2.96. The third-order valence-electron chi connectivity index (χ3n) is 4.12. The first-order chi connectivity index (χ1) is 13.3. The number of nitrogens with zero attached hydrogens (tertiary/aromatic N) is 2. The van der Waals surface area contributed by atoms with Crippen LogP contribution in [0.3, 0.4) is 0 Å². The molecule has 1 aromatic heterocycles. The van der Waals surface area contributed by atoms with Gasteiger partial charge in [0.05, 0.1) is 0 Å². The van der Waals surface area contributed by atoms with Gasteiger partial charge in [-0.1, -0.05) is 18.2 Å². The summed E-state index contributed by atoms with van der Waals surface area (Å²) < 4.78 is 5.57. The molecule has 0 radical (unpaired) electrons. The maximum atomic E-state index is 11.6. The van der Waals surface area contributed by atoms with Crippen molar-refractivity contribution in [3.63, 3.8) is 0 Å². The molecule has 0 aliphatic carbocycles. The van der Waals surface area contributed by atoms with Crippen LogP contribution < -0.4 is 10.5 Å². The fraction of sp³-hybridized carbons (Fsp3) is 0.190. The number of rotatable bonds is 4. The molecule has 2 aromatic carbocycles. The highest BCUT2D eigenvalue weighted by Crippen LogP contribution is 2.29. The third-order valence-corrected chi connectivity index (χ3v) is 4.12. The molecular formula is C21H23N3O4. The van der Waals surface area contributed by atoms with E-state index in [1.807, 2.05) is 37.3 Å². The Morgan fingerprint density at radius 2 is 1.82 bits per heavy atom. The molecule has 0 atom stereocenters. The molecule has 1 heterocycles. The van der Waals surface area contributed by atoms with Crippen LogP contribution in [-0.2, 0) is 9.59 Å². The summed E-state index contributed by atoms with van der Waals surface area (Å²) in [5.74, 6) is 1.14. The van der Waals surface area contributed by atoms with E-state index in [1.54, 1.807) is 20.3 Å². The van der Waals surface area contributed by atoms with Gasteiger partial charge in [-0.05, 0) is 53.1 Å². The molecule has 3 rings (SSSR count). The summed E-state index contributed by atoms with van der Waals surface area (Å²) in [5, 5.41) is 9.04. The van der Waals surface area contributed by atoms with Crippen molar-refractivity contribution in [1.82, 2.24) is 9.88 Å². The van der Waals surface area contributed by atoms with Gasteiger partial charge in [0.25, 0.3) is 12.4 Å². The molecule has 0 spiro atoms. The third kappa shape index (κ3) is 5.20. The van der Waals surface area contributed by atoms with Crippen LogP contribution in [-0.4, -0.2) is 48.1 Å². The molecule has 0 saturated heterocycles. The van der Waals surface area contributed by atoms with Crippen LogP contribution in [0.5, 0.6) is 5.75 Å². The van der Waals surface area contributed by atoms with Crippen LogP contribution in [0.15, 0.2) is 48.7 Å². The lowest BCUT2D eigenvalue weighted by molar-refractivity contribution is -0.130. The summed E-state index contributed by atoms with van der Waals surface area (Å²) in [6, 6.07) is 13.9. The maximum absolute atomic E-state index is 11.6. The van der Waals surface area contributed by atoms with Crippen LogP contribution in [0.25, 0.3) is 21.9 Å². The largest absolute Gasteiger partial charge is 0.484 e. The Labute approximate surface area is 163 Å². The summed E-state index contributed by atoms with van der Waals surface area (Å²) in [7, 11) is 3.42. The van der Waals surface area contributed by atoms with Crippen molar-refractivity contribution in [2.45, 2.75) is 6.92 Å². The van der Waals surface area contributed by atoms with Crippen molar-refractivity contribution in [2.75, 3.05) is 26.4 Å². The minimum absolute atomic E-state index is 0.0346. The number of pyridine rings is 1. The molecule has 146 valence electrons. The van der Waals surface area contributed by atoms with Gasteiger partial charge in [0.1, 0.15) is 11.6 Å². The van der Waals surface area contributed by atoms with Gasteiger partial charge in [-0.25, -0.2) is 4.98 Å². The molecular weight excluding hydrogens is 358 g/mol. The summed E-state index contributed by atoms with van der Waals surface area (Å²) in [5.41, 5.74) is 8.98. The number of fused-ring (bicyclic) bond motifs is 1. The SMILES string of the molecule is Cc1cc(N)ncc1-c1ccc2cc(OCC(=O)N(C)C)ccc2c1.O=CO. The van der Waals surface area contributed by atoms with E-state index >= 15 is 0 Å². The summed E-state index contributed by atoms with van der Waals surface area (Å²) >= 11 is 0. The van der Waals surface area contributed by atoms with Gasteiger partial charge < -0.3 is 20.5 Å². The molecule has 0 unspecified atom stereocenters. The Hall–Kier alpha value is -3.61. The van der Waals surface area contributed by atoms with Crippen LogP contribution in [0.1, 0.15) is 5.56 Å². The Balaban J connectivity index is 0.000000878. The van der Waals surface area contributed by atoms with Crippen molar-refractivity contribution in [3.05, 3.63) is 54.2 Å². The number of benzene rings is 2. The van der Waals surface area contributed by atoms with Gasteiger partial charge >= 0.3 is 0 Å². The second kappa shape index (κ2) is 9.36. The zero-order chi connectivity index (χ0) is 20.7. The van der Waals surface area contributed by atoms with Gasteiger partial charge in [-0.2, -0.15) is 0 Å². The highest BCUT2D eigenvalue weighted by molar-refractivity contribution is 5.89. The van der Waals surface area contributed by atoms with E-state index in [1.165, 1.54) is 4.90 Å². The van der Waals surface area contributed by atoms with Crippen LogP contribution >= 0.6 is 0 Å². The standard InChI is InChI=1S/C20H21N3O2.CH2O2/c1-13-8-19(21)22-11-18(13)16-5-4-15-10-17(7-6-14(15)9-16)25-12-20(24)23(2)3;2-1-3/h4-11H,12H2,1-3H3,(H2,21,22);1H,(H,2,3). The number of aromatic nitrogens is 1. The fourth-order valence-electron chi connectivity index (χ4n) is 2.64. The summed E-state index contributed by atoms with van der Waals surface area (Å²) in [4.78, 5) is 25.7. The zero-order valence-corrected chi connectivity index (χ0v) is 16.0. The van der Waals surface area contributed by atoms with Gasteiger partial charge in [-0.15, -0.1) is 0 Å². The van der Waals surface area contributed by atoms with Crippen LogP contribution in [0.2, 0.25) is 0 Å². The lowest BCUT2D eigenvalue weighted by atomic mass is 9.99. The molecule has 3 N–H and O–H groups in total. The fourth-order valence-corrected chi connectivity index (χ4v) is 2.64. The quantitative estimate of drug-likeness (QED) is 0.673. The van der Waals surface area contributed by atoms with E-state index < -0.39 is 0 Å². The number of aryl methyl sites for hydroxylation is 1. The van der Waals surface area contributed by atoms with Gasteiger partial charge in [0.15, 0.2) is 6.61 Å². The average Bonchev–Trinajstić information content (AvgIpc) is 2.66. The number of nitrogens with two attached hydrogens (primary N) is 1. The highest BCUT2D eigenvalue weighted by Gasteiger charge is 2.07. The highest BCUT2D eigenvalue weighted by atomic mass is 16.5. The van der Waals surface area contributed by atoms with Crippen molar-refractivity contribution < 1.29 is 19.4 Å². The minimum Gasteiger partial charge on any atom is -0.484 e. The number of carbonyl (C=O) groups excluding carboxylic acids is 1. The first-order valence-electron chi connectivity index (χ1n) is 8.52. The minimum atomic E-state index is -0.250. The van der Waals surface area contributed by atoms with Gasteiger partial charge in [0.2, 0.25) is 0 Å². The van der Waals surface area contributed by atoms with E-state index in [0.717, 1.165) is 27.5 Å². The Kier molecular flexibility index (Phi) is 6.92. The molecule has 7 nitrogen and oxygen atoms in total. The van der Waals surface area contributed by atoms with Crippen LogP contribution in [0, 0.1) is 6.92 Å². The van der Waals surface area contributed by atoms with Crippen LogP contribution in [0.4, 0.5) is 5.82 Å². The number of ether oxygens (including phenoxy) is 1. The zero-order valence-electron chi connectivity index (χ0n) is 16.0. The van der Waals surface area contributed by atoms with Crippen molar-refractivity contribution in [2.24, 2.45) is 0 Å². The maximum Gasteiger partial charge on any atom is 0.290 e. The first-order valence-corrected chi connectivity index (χ1v) is 8.52. The number of likely N-dealkylation sites (N-methyl/N-ethyl adjacent to an activating group) is 1. The number of amides is 1. The normalized spacial score (nSPS) is 9.96. The second-order valence-corrected chi connectivity index (χ2v) is 6.33. The van der Waals surface area contributed by atoms with E-state index in [9.17, 15) is 4.79 Å². The molecule has 3 aromatic rings. The van der Waals surface area contributed by atoms with E-state index in [-0.39, 0.29) is 19.0 Å². The molecule has 0 saturated carbocycles. The van der Waals surface area contributed by atoms with Gasteiger partial charge in [0, 0.05) is 25.9 Å². The Morgan fingerprint density at radius 3 is 2.46 bits per heavy atom. The number of anilines is 1. The topological polar surface area (TPSA) is 106 Å². The number of nitrogen functional groups attached to an aromatic ring is 1. The molecule has 28 heavy (non-hydrogen) atoms. The summed E-state index contributed by atoms with van der Waals surface area (Å²) in [6.07, 6.45) is 1.80. The monoisotopic (exact) mass is 381 g/mol. The Morgan fingerprint density at radius 1 is 1.18 bits per heavy atom. The lowest BCUT2D eigenvalue weighted by Gasteiger charge is -2.12. The lowest BCUT2D eigenvalue weighted by Crippen LogP contribution is -2.27. The molecule has 0 aliphatic rings. The Bertz CT molecular complexity index is 987. The number of hydrogen-bond acceptors (Lipinski definition) is 5. The van der Waals surface area contributed by atoms with E-state index in [0.29, 0.717) is 11.6 Å². The second-order valence-electron chi connectivity index (χ2n) is 6.33. The van der Waals surface area contributed by atoms with E-state index in [2.05, 4.69) is 17.1 Å². The van der Waals surface area contributed by atoms with Gasteiger partial charge in [-0.3, -0.25) is 9.59 Å². The molecule has 0 aliphatic heterocycles. The number of hydrogen-bond donors (Lipinski definition) is 2. The van der Waals surface area contributed by atoms with Crippen molar-refractivity contribution in [3.8, 4) is 16.9 Å². The smallest absolute Gasteiger partial charge is 0.290 e.